The molecular formula is C23H32NO4PS. The Morgan fingerprint density at radius 2 is 1.83 bits per heavy atom. The van der Waals surface area contributed by atoms with Gasteiger partial charge in [-0.2, -0.15) is 0 Å². The molecule has 1 unspecified atom stereocenters. The van der Waals surface area contributed by atoms with Crippen molar-refractivity contribution in [2.24, 2.45) is 0 Å². The molecular weight excluding hydrogens is 417 g/mol. The minimum Gasteiger partial charge on any atom is -0.379 e. The number of nitrogens with one attached hydrogen (secondary N) is 1. The number of hydrogen-bond donors (Lipinski definition) is 2. The first-order chi connectivity index (χ1) is 14.7. The van der Waals surface area contributed by atoms with Gasteiger partial charge in [0.1, 0.15) is 0 Å². The van der Waals surface area contributed by atoms with Crippen LogP contribution < -0.4 is 5.32 Å². The summed E-state index contributed by atoms with van der Waals surface area (Å²) in [5.41, 5.74) is 2.90. The number of unbranched alkanes of at least 4 members (excludes halogenated alkanes) is 1. The molecule has 0 spiro atoms. The van der Waals surface area contributed by atoms with Crippen LogP contribution in [0.3, 0.4) is 0 Å². The standard InChI is InChI=1S/C23H32NO4PS/c25-29(26)28-15-6-14-24-17-20-9-11-22(12-10-20)30-16-5-4-13-23(18-27-19-23)21-7-2-1-3-8-21/h1-3,7-12,24,29H,4-6,13-19H2,(H,25,26). The Hall–Kier alpha value is -1.14. The molecule has 30 heavy (non-hydrogen) atoms. The van der Waals surface area contributed by atoms with E-state index in [9.17, 15) is 4.57 Å². The summed E-state index contributed by atoms with van der Waals surface area (Å²) in [6.07, 6.45) is 4.36. The van der Waals surface area contributed by atoms with E-state index in [1.54, 1.807) is 0 Å². The summed E-state index contributed by atoms with van der Waals surface area (Å²) in [6, 6.07) is 19.5. The van der Waals surface area contributed by atoms with Gasteiger partial charge < -0.3 is 19.5 Å². The summed E-state index contributed by atoms with van der Waals surface area (Å²) in [5.74, 6) is 1.14. The maximum absolute atomic E-state index is 10.5. The summed E-state index contributed by atoms with van der Waals surface area (Å²) in [7, 11) is -2.79. The van der Waals surface area contributed by atoms with Crippen molar-refractivity contribution in [3.8, 4) is 0 Å². The van der Waals surface area contributed by atoms with E-state index in [2.05, 4.69) is 64.4 Å². The zero-order valence-corrected chi connectivity index (χ0v) is 19.2. The van der Waals surface area contributed by atoms with Gasteiger partial charge >= 0.3 is 8.25 Å². The largest absolute Gasteiger partial charge is 0.379 e. The summed E-state index contributed by atoms with van der Waals surface area (Å²) >= 11 is 1.92. The Kier molecular flexibility index (Phi) is 9.92. The normalized spacial score (nSPS) is 16.2. The molecule has 2 aromatic carbocycles. The molecule has 7 heteroatoms. The van der Waals surface area contributed by atoms with Gasteiger partial charge in [-0.15, -0.1) is 11.8 Å². The van der Waals surface area contributed by atoms with Crippen LogP contribution in [0.4, 0.5) is 0 Å². The average Bonchev–Trinajstić information content (AvgIpc) is 2.73. The molecule has 0 aromatic heterocycles. The molecule has 0 saturated carbocycles. The average molecular weight is 450 g/mol. The Balaban J connectivity index is 1.29. The van der Waals surface area contributed by atoms with Gasteiger partial charge in [0.25, 0.3) is 0 Å². The van der Waals surface area contributed by atoms with Gasteiger partial charge in [0.2, 0.25) is 0 Å². The highest BCUT2D eigenvalue weighted by atomic mass is 32.2. The van der Waals surface area contributed by atoms with E-state index in [0.29, 0.717) is 6.61 Å². The zero-order valence-electron chi connectivity index (χ0n) is 17.3. The summed E-state index contributed by atoms with van der Waals surface area (Å²) in [6.45, 7) is 3.59. The second kappa shape index (κ2) is 12.7. The van der Waals surface area contributed by atoms with Crippen LogP contribution in [0, 0.1) is 0 Å². The van der Waals surface area contributed by atoms with Crippen LogP contribution in [0.15, 0.2) is 59.5 Å². The lowest BCUT2D eigenvalue weighted by Gasteiger charge is -2.42. The van der Waals surface area contributed by atoms with E-state index in [1.807, 2.05) is 11.8 Å². The van der Waals surface area contributed by atoms with Crippen LogP contribution >= 0.6 is 20.0 Å². The molecule has 0 bridgehead atoms. The van der Waals surface area contributed by atoms with Gasteiger partial charge in [0.05, 0.1) is 19.8 Å². The molecule has 1 aliphatic rings. The molecule has 1 heterocycles. The Morgan fingerprint density at radius 1 is 1.07 bits per heavy atom. The molecule has 164 valence electrons. The molecule has 1 saturated heterocycles. The summed E-state index contributed by atoms with van der Waals surface area (Å²) < 4.78 is 20.7. The molecule has 2 N–H and O–H groups in total. The molecule has 0 amide bonds. The molecule has 0 radical (unpaired) electrons. The van der Waals surface area contributed by atoms with Crippen LogP contribution in [0.25, 0.3) is 0 Å². The van der Waals surface area contributed by atoms with E-state index in [-0.39, 0.29) is 5.41 Å². The van der Waals surface area contributed by atoms with Crippen LogP contribution in [0.2, 0.25) is 0 Å². The fourth-order valence-electron chi connectivity index (χ4n) is 3.64. The van der Waals surface area contributed by atoms with E-state index in [1.165, 1.54) is 35.3 Å². The van der Waals surface area contributed by atoms with Crippen molar-refractivity contribution in [1.82, 2.24) is 5.32 Å². The number of hydrogen-bond acceptors (Lipinski definition) is 5. The predicted octanol–water partition coefficient (Wildman–Crippen LogP) is 4.80. The van der Waals surface area contributed by atoms with Gasteiger partial charge in [0.15, 0.2) is 0 Å². The van der Waals surface area contributed by atoms with E-state index in [0.717, 1.165) is 38.5 Å². The lowest BCUT2D eigenvalue weighted by Crippen LogP contribution is -2.46. The molecule has 2 aromatic rings. The Labute approximate surface area is 184 Å². The maximum atomic E-state index is 10.5. The SMILES string of the molecule is O=[PH](O)OCCCNCc1ccc(SCCCCC2(c3ccccc3)COC2)cc1. The van der Waals surface area contributed by atoms with E-state index in [4.69, 9.17) is 9.63 Å². The van der Waals surface area contributed by atoms with Crippen LogP contribution in [-0.4, -0.2) is 37.0 Å². The van der Waals surface area contributed by atoms with Gasteiger partial charge in [-0.3, -0.25) is 4.57 Å². The number of rotatable bonds is 14. The monoisotopic (exact) mass is 449 g/mol. The molecule has 1 aliphatic heterocycles. The highest BCUT2D eigenvalue weighted by Crippen LogP contribution is 2.37. The third-order valence-electron chi connectivity index (χ3n) is 5.44. The first-order valence-corrected chi connectivity index (χ1v) is 12.8. The fraction of sp³-hybridized carbons (Fsp3) is 0.478. The van der Waals surface area contributed by atoms with Crippen molar-refractivity contribution in [3.05, 3.63) is 65.7 Å². The number of thioether (sulfide) groups is 1. The van der Waals surface area contributed by atoms with Crippen molar-refractivity contribution in [3.63, 3.8) is 0 Å². The minimum absolute atomic E-state index is 0.239. The predicted molar refractivity (Wildman–Crippen MR) is 123 cm³/mol. The number of benzene rings is 2. The van der Waals surface area contributed by atoms with Crippen molar-refractivity contribution in [2.75, 3.05) is 32.1 Å². The third-order valence-corrected chi connectivity index (χ3v) is 6.99. The van der Waals surface area contributed by atoms with Crippen molar-refractivity contribution in [1.29, 1.82) is 0 Å². The second-order valence-electron chi connectivity index (χ2n) is 7.73. The quantitative estimate of drug-likeness (QED) is 0.245. The summed E-state index contributed by atoms with van der Waals surface area (Å²) in [5, 5.41) is 3.32. The van der Waals surface area contributed by atoms with Gasteiger partial charge in [-0.1, -0.05) is 48.9 Å². The first-order valence-electron chi connectivity index (χ1n) is 10.6. The van der Waals surface area contributed by atoms with Gasteiger partial charge in [0, 0.05) is 16.9 Å². The second-order valence-corrected chi connectivity index (χ2v) is 9.72. The maximum Gasteiger partial charge on any atom is 0.316 e. The van der Waals surface area contributed by atoms with E-state index < -0.39 is 8.25 Å². The molecule has 1 atom stereocenters. The zero-order chi connectivity index (χ0) is 21.1. The molecule has 5 nitrogen and oxygen atoms in total. The Morgan fingerprint density at radius 3 is 2.50 bits per heavy atom. The van der Waals surface area contributed by atoms with Crippen LogP contribution in [0.5, 0.6) is 0 Å². The van der Waals surface area contributed by atoms with Gasteiger partial charge in [-0.25, -0.2) is 0 Å². The highest BCUT2D eigenvalue weighted by Gasteiger charge is 2.39. The summed E-state index contributed by atoms with van der Waals surface area (Å²) in [4.78, 5) is 9.91. The molecule has 0 aliphatic carbocycles. The number of ether oxygens (including phenoxy) is 1. The van der Waals surface area contributed by atoms with Crippen LogP contribution in [-0.2, 0) is 25.8 Å². The lowest BCUT2D eigenvalue weighted by atomic mass is 9.75. The lowest BCUT2D eigenvalue weighted by molar-refractivity contribution is -0.0652. The Bertz CT molecular complexity index is 769. The topological polar surface area (TPSA) is 67.8 Å². The highest BCUT2D eigenvalue weighted by molar-refractivity contribution is 7.99. The molecule has 1 fully saturated rings. The van der Waals surface area contributed by atoms with Gasteiger partial charge in [-0.05, 0) is 54.8 Å². The van der Waals surface area contributed by atoms with Crippen molar-refractivity contribution in [2.45, 2.75) is 42.5 Å². The molecule has 3 rings (SSSR count). The third kappa shape index (κ3) is 7.52. The minimum atomic E-state index is -2.79. The van der Waals surface area contributed by atoms with Crippen LogP contribution in [0.1, 0.15) is 36.8 Å². The van der Waals surface area contributed by atoms with E-state index >= 15 is 0 Å². The first kappa shape index (κ1) is 23.5. The van der Waals surface area contributed by atoms with Crippen molar-refractivity contribution < 1.29 is 18.7 Å². The smallest absolute Gasteiger partial charge is 0.316 e. The van der Waals surface area contributed by atoms with Crippen molar-refractivity contribution >= 4 is 20.0 Å². The fourth-order valence-corrected chi connectivity index (χ4v) is 4.88.